The maximum atomic E-state index is 13.2. The quantitative estimate of drug-likeness (QED) is 0.223. The van der Waals surface area contributed by atoms with Crippen LogP contribution in [0, 0.1) is 11.8 Å². The number of aliphatic hydroxyl groups is 2. The third kappa shape index (κ3) is 11.2. The van der Waals surface area contributed by atoms with Crippen molar-refractivity contribution in [1.82, 2.24) is 10.2 Å². The summed E-state index contributed by atoms with van der Waals surface area (Å²) >= 11 is 21.3. The SMILES string of the molecule is ClCCl.O=C(N1CCCCC(CO)C1)C1(c2ccc(Cl)cc2)CCC1.O=C(O)C1(c2ccc(Cl)cc2)CCC1.OCC1CCCCNC1. The Balaban J connectivity index is 0.000000205. The molecular weight excluding hydrogens is 694 g/mol. The molecule has 0 spiro atoms. The fourth-order valence-electron chi connectivity index (χ4n) is 6.96. The molecule has 2 aliphatic carbocycles. The Morgan fingerprint density at radius 3 is 1.67 bits per heavy atom. The van der Waals surface area contributed by atoms with E-state index in [1.54, 1.807) is 12.1 Å². The lowest BCUT2D eigenvalue weighted by atomic mass is 9.63. The van der Waals surface area contributed by atoms with E-state index in [4.69, 9.17) is 51.5 Å². The second-order valence-electron chi connectivity index (χ2n) is 13.3. The first-order chi connectivity index (χ1) is 23.1. The van der Waals surface area contributed by atoms with Crippen LogP contribution < -0.4 is 5.32 Å². The van der Waals surface area contributed by atoms with Crippen LogP contribution in [-0.2, 0) is 20.4 Å². The highest BCUT2D eigenvalue weighted by Gasteiger charge is 2.48. The Morgan fingerprint density at radius 1 is 0.729 bits per heavy atom. The lowest BCUT2D eigenvalue weighted by Gasteiger charge is -2.44. The van der Waals surface area contributed by atoms with Gasteiger partial charge in [0, 0.05) is 42.9 Å². The van der Waals surface area contributed by atoms with Gasteiger partial charge in [-0.3, -0.25) is 9.59 Å². The molecule has 48 heavy (non-hydrogen) atoms. The number of hydrogen-bond donors (Lipinski definition) is 4. The maximum absolute atomic E-state index is 13.2. The highest BCUT2D eigenvalue weighted by Crippen LogP contribution is 2.46. The van der Waals surface area contributed by atoms with Crippen molar-refractivity contribution in [1.29, 1.82) is 0 Å². The Labute approximate surface area is 306 Å². The molecule has 4 fully saturated rings. The highest BCUT2D eigenvalue weighted by molar-refractivity contribution is 6.40. The van der Waals surface area contributed by atoms with Crippen LogP contribution in [0.25, 0.3) is 0 Å². The number of likely N-dealkylation sites (tertiary alicyclic amines) is 1. The number of aliphatic carboxylic acids is 1. The molecule has 0 bridgehead atoms. The number of nitrogens with one attached hydrogen (secondary N) is 1. The van der Waals surface area contributed by atoms with Gasteiger partial charge in [-0.05, 0) is 105 Å². The predicted molar refractivity (Wildman–Crippen MR) is 196 cm³/mol. The molecule has 2 unspecified atom stereocenters. The average Bonchev–Trinajstić information content (AvgIpc) is 3.46. The zero-order valence-corrected chi connectivity index (χ0v) is 30.8. The lowest BCUT2D eigenvalue weighted by molar-refractivity contribution is -0.147. The minimum atomic E-state index is -0.717. The second-order valence-corrected chi connectivity index (χ2v) is 15.0. The number of aliphatic hydroxyl groups excluding tert-OH is 2. The Morgan fingerprint density at radius 2 is 1.21 bits per heavy atom. The summed E-state index contributed by atoms with van der Waals surface area (Å²) in [5.74, 6) is 0.286. The molecule has 2 aromatic rings. The number of alkyl halides is 2. The standard InChI is InChI=1S/C18H24ClNO2.C11H11ClO2.C7H15NO.CH2Cl2/c19-16-7-5-15(6-8-16)18(9-3-10-18)17(22)20-11-2-1-4-14(12-20)13-21;12-9-4-2-8(3-5-9)11(10(13)14)6-1-7-11;9-6-7-3-1-2-4-8-5-7;2-1-3/h5-8,14,21H,1-4,9-13H2;2-5H,1,6-7H2,(H,13,14);7-9H,1-6H2;1H2. The van der Waals surface area contributed by atoms with Crippen molar-refractivity contribution in [3.05, 3.63) is 69.7 Å². The molecule has 7 nitrogen and oxygen atoms in total. The summed E-state index contributed by atoms with van der Waals surface area (Å²) in [5, 5.41) is 32.3. The van der Waals surface area contributed by atoms with Gasteiger partial charge in [0.05, 0.1) is 16.2 Å². The number of carboxylic acids is 1. The second kappa shape index (κ2) is 20.9. The summed E-state index contributed by atoms with van der Waals surface area (Å²) in [7, 11) is 0. The summed E-state index contributed by atoms with van der Waals surface area (Å²) in [6, 6.07) is 14.9. The van der Waals surface area contributed by atoms with Crippen molar-refractivity contribution in [3.63, 3.8) is 0 Å². The molecule has 268 valence electrons. The van der Waals surface area contributed by atoms with Gasteiger partial charge in [-0.25, -0.2) is 0 Å². The van der Waals surface area contributed by atoms with Gasteiger partial charge in [-0.15, -0.1) is 23.2 Å². The van der Waals surface area contributed by atoms with Crippen LogP contribution in [-0.4, -0.2) is 76.8 Å². The van der Waals surface area contributed by atoms with E-state index in [-0.39, 0.29) is 29.2 Å². The van der Waals surface area contributed by atoms with E-state index >= 15 is 0 Å². The summed E-state index contributed by atoms with van der Waals surface area (Å²) in [5.41, 5.74) is 0.984. The first-order valence-electron chi connectivity index (χ1n) is 17.2. The molecule has 2 atom stereocenters. The number of carbonyl (C=O) groups excluding carboxylic acids is 1. The lowest BCUT2D eigenvalue weighted by Crippen LogP contribution is -2.52. The summed E-state index contributed by atoms with van der Waals surface area (Å²) < 4.78 is 0. The van der Waals surface area contributed by atoms with Crippen LogP contribution in [0.1, 0.15) is 88.2 Å². The monoisotopic (exact) mass is 744 g/mol. The van der Waals surface area contributed by atoms with E-state index in [1.807, 2.05) is 41.3 Å². The topological polar surface area (TPSA) is 110 Å². The van der Waals surface area contributed by atoms with Crippen LogP contribution in [0.15, 0.2) is 48.5 Å². The number of carboxylic acid groups (broad SMARTS) is 1. The summed E-state index contributed by atoms with van der Waals surface area (Å²) in [4.78, 5) is 26.4. The van der Waals surface area contributed by atoms with Crippen LogP contribution in [0.4, 0.5) is 0 Å². The predicted octanol–water partition coefficient (Wildman–Crippen LogP) is 8.02. The number of nitrogens with zero attached hydrogens (tertiary/aromatic N) is 1. The normalized spacial score (nSPS) is 22.6. The van der Waals surface area contributed by atoms with Gasteiger partial charge >= 0.3 is 5.97 Å². The molecule has 1 amide bonds. The van der Waals surface area contributed by atoms with Crippen molar-refractivity contribution in [2.75, 3.05) is 44.7 Å². The molecule has 4 N–H and O–H groups in total. The summed E-state index contributed by atoms with van der Waals surface area (Å²) in [6.07, 6.45) is 12.3. The van der Waals surface area contributed by atoms with Gasteiger partial charge in [-0.2, -0.15) is 0 Å². The number of amides is 1. The molecule has 0 aromatic heterocycles. The van der Waals surface area contributed by atoms with Crippen LogP contribution >= 0.6 is 46.4 Å². The van der Waals surface area contributed by atoms with Crippen molar-refractivity contribution < 1.29 is 24.9 Å². The van der Waals surface area contributed by atoms with Gasteiger partial charge < -0.3 is 25.5 Å². The molecular formula is C37H52Cl4N2O5. The molecule has 6 rings (SSSR count). The maximum Gasteiger partial charge on any atom is 0.314 e. The smallest absolute Gasteiger partial charge is 0.314 e. The molecule has 4 aliphatic rings. The molecule has 0 radical (unpaired) electrons. The molecule has 2 saturated heterocycles. The average molecular weight is 747 g/mol. The fraction of sp³-hybridized carbons (Fsp3) is 0.622. The third-order valence-corrected chi connectivity index (χ3v) is 10.8. The third-order valence-electron chi connectivity index (χ3n) is 10.2. The molecule has 2 aliphatic heterocycles. The van der Waals surface area contributed by atoms with E-state index in [0.717, 1.165) is 88.5 Å². The van der Waals surface area contributed by atoms with Crippen molar-refractivity contribution in [2.45, 2.75) is 87.9 Å². The van der Waals surface area contributed by atoms with Crippen LogP contribution in [0.3, 0.4) is 0 Å². The summed E-state index contributed by atoms with van der Waals surface area (Å²) in [6.45, 7) is 4.20. The van der Waals surface area contributed by atoms with E-state index in [1.165, 1.54) is 19.3 Å². The number of hydrogen-bond acceptors (Lipinski definition) is 5. The van der Waals surface area contributed by atoms with Crippen molar-refractivity contribution in [2.24, 2.45) is 11.8 Å². The largest absolute Gasteiger partial charge is 0.481 e. The van der Waals surface area contributed by atoms with Crippen molar-refractivity contribution in [3.8, 4) is 0 Å². The molecule has 2 saturated carbocycles. The number of benzene rings is 2. The number of carbonyl (C=O) groups is 2. The van der Waals surface area contributed by atoms with Gasteiger partial charge in [0.1, 0.15) is 0 Å². The minimum Gasteiger partial charge on any atom is -0.481 e. The zero-order valence-electron chi connectivity index (χ0n) is 27.8. The molecule has 2 aromatic carbocycles. The van der Waals surface area contributed by atoms with Gasteiger partial charge in [0.15, 0.2) is 0 Å². The first kappa shape index (κ1) is 40.8. The molecule has 2 heterocycles. The van der Waals surface area contributed by atoms with Gasteiger partial charge in [-0.1, -0.05) is 73.2 Å². The van der Waals surface area contributed by atoms with E-state index in [0.29, 0.717) is 29.1 Å². The van der Waals surface area contributed by atoms with Crippen LogP contribution in [0.2, 0.25) is 10.0 Å². The minimum absolute atomic E-state index is 0.178. The van der Waals surface area contributed by atoms with Gasteiger partial charge in [0.2, 0.25) is 5.91 Å². The number of halogens is 4. The van der Waals surface area contributed by atoms with Crippen molar-refractivity contribution >= 4 is 58.3 Å². The fourth-order valence-corrected chi connectivity index (χ4v) is 7.22. The number of rotatable bonds is 6. The van der Waals surface area contributed by atoms with Crippen LogP contribution in [0.5, 0.6) is 0 Å². The highest BCUT2D eigenvalue weighted by atomic mass is 35.5. The van der Waals surface area contributed by atoms with E-state index in [9.17, 15) is 19.8 Å². The Kier molecular flexibility index (Phi) is 17.8. The zero-order chi connectivity index (χ0) is 35.0. The van der Waals surface area contributed by atoms with Gasteiger partial charge in [0.25, 0.3) is 0 Å². The Hall–Kier alpha value is -1.58. The molecule has 11 heteroatoms. The Bertz CT molecular complexity index is 1230. The van der Waals surface area contributed by atoms with E-state index < -0.39 is 11.4 Å². The first-order valence-corrected chi connectivity index (χ1v) is 19.1. The van der Waals surface area contributed by atoms with E-state index in [2.05, 4.69) is 5.32 Å².